The first-order valence-electron chi connectivity index (χ1n) is 5.22. The van der Waals surface area contributed by atoms with E-state index < -0.39 is 0 Å². The lowest BCUT2D eigenvalue weighted by molar-refractivity contribution is 0.730. The summed E-state index contributed by atoms with van der Waals surface area (Å²) >= 11 is 0. The van der Waals surface area contributed by atoms with Crippen molar-refractivity contribution in [1.29, 1.82) is 0 Å². The third-order valence-corrected chi connectivity index (χ3v) is 2.77. The minimum atomic E-state index is 0.921. The van der Waals surface area contributed by atoms with E-state index in [-0.39, 0.29) is 0 Å². The van der Waals surface area contributed by atoms with E-state index in [9.17, 15) is 0 Å². The third kappa shape index (κ3) is 1.13. The fraction of sp³-hybridized carbons (Fsp3) is 0. The molecule has 0 spiro atoms. The summed E-state index contributed by atoms with van der Waals surface area (Å²) < 4.78 is 10.6. The second kappa shape index (κ2) is 2.67. The van der Waals surface area contributed by atoms with Crippen LogP contribution >= 0.6 is 0 Å². The van der Waals surface area contributed by atoms with Gasteiger partial charge in [-0.05, 0) is 11.6 Å². The van der Waals surface area contributed by atoms with Crippen molar-refractivity contribution >= 4 is 34.5 Å². The van der Waals surface area contributed by atoms with Gasteiger partial charge in [-0.2, -0.15) is 0 Å². The van der Waals surface area contributed by atoms with Crippen LogP contribution in [0.25, 0.3) is 34.5 Å². The quantitative estimate of drug-likeness (QED) is 0.461. The van der Waals surface area contributed by atoms with Crippen molar-refractivity contribution in [3.63, 3.8) is 0 Å². The molecule has 2 heterocycles. The molecule has 0 radical (unpaired) electrons. The molecular weight excluding hydrogens is 200 g/mol. The zero-order chi connectivity index (χ0) is 10.5. The summed E-state index contributed by atoms with van der Waals surface area (Å²) in [4.78, 5) is 0. The van der Waals surface area contributed by atoms with Gasteiger partial charge >= 0.3 is 0 Å². The molecule has 4 rings (SSSR count). The lowest BCUT2D eigenvalue weighted by atomic mass is 10.1. The fourth-order valence-corrected chi connectivity index (χ4v) is 1.83. The molecule has 0 saturated carbocycles. The van der Waals surface area contributed by atoms with Crippen LogP contribution in [0.15, 0.2) is 45.2 Å². The Morgan fingerprint density at radius 3 is 2.56 bits per heavy atom. The minimum Gasteiger partial charge on any atom is -0.445 e. The van der Waals surface area contributed by atoms with E-state index in [0.717, 1.165) is 27.9 Å². The second-order valence-corrected chi connectivity index (χ2v) is 3.90. The van der Waals surface area contributed by atoms with Crippen LogP contribution in [0, 0.1) is 0 Å². The van der Waals surface area contributed by atoms with Crippen LogP contribution in [0.2, 0.25) is 0 Å². The van der Waals surface area contributed by atoms with E-state index in [0.29, 0.717) is 0 Å². The number of hydrogen-bond donors (Lipinski definition) is 0. The van der Waals surface area contributed by atoms with Gasteiger partial charge < -0.3 is 8.83 Å². The maximum absolute atomic E-state index is 5.36. The first-order valence-corrected chi connectivity index (χ1v) is 5.22. The van der Waals surface area contributed by atoms with Gasteiger partial charge in [0.15, 0.2) is 11.2 Å². The second-order valence-electron chi connectivity index (χ2n) is 3.90. The van der Waals surface area contributed by atoms with E-state index in [4.69, 9.17) is 8.83 Å². The van der Waals surface area contributed by atoms with Gasteiger partial charge in [0.2, 0.25) is 11.2 Å². The predicted molar refractivity (Wildman–Crippen MR) is 63.7 cm³/mol. The van der Waals surface area contributed by atoms with Gasteiger partial charge in [0.05, 0.1) is 0 Å². The highest BCUT2D eigenvalue weighted by molar-refractivity contribution is 6.09. The highest BCUT2D eigenvalue weighted by Crippen LogP contribution is 2.42. The summed E-state index contributed by atoms with van der Waals surface area (Å²) in [6.45, 7) is 0. The lowest BCUT2D eigenvalue weighted by Gasteiger charge is -1.90. The van der Waals surface area contributed by atoms with Crippen molar-refractivity contribution in [3.05, 3.63) is 47.5 Å². The van der Waals surface area contributed by atoms with Crippen molar-refractivity contribution in [2.45, 2.75) is 0 Å². The SMILES string of the molecule is C(=Cc1cc2oc2c2oc12)c1ccccc1. The Morgan fingerprint density at radius 2 is 1.69 bits per heavy atom. The smallest absolute Gasteiger partial charge is 0.217 e. The maximum Gasteiger partial charge on any atom is 0.217 e. The Bertz CT molecular complexity index is 743. The molecule has 16 heavy (non-hydrogen) atoms. The molecule has 0 bridgehead atoms. The molecule has 0 atom stereocenters. The first kappa shape index (κ1) is 7.99. The minimum absolute atomic E-state index is 0.921. The summed E-state index contributed by atoms with van der Waals surface area (Å²) in [5.74, 6) is 0. The van der Waals surface area contributed by atoms with Crippen LogP contribution in [-0.4, -0.2) is 0 Å². The molecule has 0 saturated heterocycles. The van der Waals surface area contributed by atoms with Crippen LogP contribution in [0.1, 0.15) is 11.1 Å². The molecule has 0 aliphatic rings. The molecule has 0 fully saturated rings. The largest absolute Gasteiger partial charge is 0.445 e. The third-order valence-electron chi connectivity index (χ3n) is 2.77. The summed E-state index contributed by atoms with van der Waals surface area (Å²) in [6, 6.07) is 12.2. The number of fused-ring (bicyclic) bond motifs is 3. The highest BCUT2D eigenvalue weighted by atomic mass is 16.4. The van der Waals surface area contributed by atoms with Gasteiger partial charge in [-0.3, -0.25) is 0 Å². The van der Waals surface area contributed by atoms with Gasteiger partial charge in [-0.15, -0.1) is 0 Å². The van der Waals surface area contributed by atoms with E-state index in [1.807, 2.05) is 24.3 Å². The predicted octanol–water partition coefficient (Wildman–Crippen LogP) is 4.23. The molecular formula is C14H8O2. The van der Waals surface area contributed by atoms with E-state index in [1.165, 1.54) is 5.56 Å². The standard InChI is InChI=1S/C14H8O2/c1-2-4-9(5-3-1)6-7-10-8-11-13(15-11)14-12(10)16-14/h1-8H. The van der Waals surface area contributed by atoms with Crippen LogP contribution < -0.4 is 0 Å². The van der Waals surface area contributed by atoms with Gasteiger partial charge in [0.25, 0.3) is 0 Å². The Balaban J connectivity index is 1.74. The first-order chi connectivity index (χ1) is 7.92. The van der Waals surface area contributed by atoms with E-state index >= 15 is 0 Å². The van der Waals surface area contributed by atoms with Crippen molar-refractivity contribution in [2.75, 3.05) is 0 Å². The fourth-order valence-electron chi connectivity index (χ4n) is 1.83. The maximum atomic E-state index is 5.36. The molecule has 2 nitrogen and oxygen atoms in total. The highest BCUT2D eigenvalue weighted by Gasteiger charge is 2.23. The van der Waals surface area contributed by atoms with Gasteiger partial charge in [-0.1, -0.05) is 42.5 Å². The zero-order valence-corrected chi connectivity index (χ0v) is 8.44. The Kier molecular flexibility index (Phi) is 1.33. The van der Waals surface area contributed by atoms with Crippen LogP contribution in [0.3, 0.4) is 0 Å². The Hall–Kier alpha value is -2.22. The topological polar surface area (TPSA) is 26.3 Å². The summed E-state index contributed by atoms with van der Waals surface area (Å²) in [5.41, 5.74) is 6.03. The Morgan fingerprint density at radius 1 is 0.812 bits per heavy atom. The molecule has 2 aromatic carbocycles. The zero-order valence-electron chi connectivity index (χ0n) is 8.44. The molecule has 0 aliphatic heterocycles. The van der Waals surface area contributed by atoms with Crippen molar-refractivity contribution in [3.8, 4) is 0 Å². The summed E-state index contributed by atoms with van der Waals surface area (Å²) in [6.07, 6.45) is 4.13. The Labute approximate surface area is 91.4 Å². The van der Waals surface area contributed by atoms with Crippen LogP contribution in [0.4, 0.5) is 0 Å². The summed E-state index contributed by atoms with van der Waals surface area (Å²) in [5, 5.41) is 0. The van der Waals surface area contributed by atoms with Crippen LogP contribution in [0.5, 0.6) is 0 Å². The molecule has 0 amide bonds. The van der Waals surface area contributed by atoms with Crippen LogP contribution in [-0.2, 0) is 0 Å². The van der Waals surface area contributed by atoms with E-state index in [2.05, 4.69) is 24.3 Å². The monoisotopic (exact) mass is 208 g/mol. The average Bonchev–Trinajstić information content (AvgIpc) is 3.17. The number of rotatable bonds is 2. The van der Waals surface area contributed by atoms with Crippen molar-refractivity contribution in [1.82, 2.24) is 0 Å². The van der Waals surface area contributed by atoms with Gasteiger partial charge in [0, 0.05) is 5.56 Å². The number of benzene rings is 2. The molecule has 2 aromatic heterocycles. The normalized spacial score (nSPS) is 12.8. The van der Waals surface area contributed by atoms with Gasteiger partial charge in [0.1, 0.15) is 0 Å². The average molecular weight is 208 g/mol. The molecule has 76 valence electrons. The van der Waals surface area contributed by atoms with Crippen molar-refractivity contribution in [2.24, 2.45) is 0 Å². The van der Waals surface area contributed by atoms with Gasteiger partial charge in [-0.25, -0.2) is 0 Å². The summed E-state index contributed by atoms with van der Waals surface area (Å²) in [7, 11) is 0. The number of hydrogen-bond acceptors (Lipinski definition) is 2. The molecule has 0 aliphatic carbocycles. The van der Waals surface area contributed by atoms with Crippen molar-refractivity contribution < 1.29 is 8.83 Å². The molecule has 0 N–H and O–H groups in total. The van der Waals surface area contributed by atoms with E-state index in [1.54, 1.807) is 0 Å². The molecule has 4 aromatic rings. The molecule has 2 heteroatoms. The lowest BCUT2D eigenvalue weighted by Crippen LogP contribution is -1.69. The molecule has 0 unspecified atom stereocenters.